The van der Waals surface area contributed by atoms with Crippen LogP contribution in [0.4, 0.5) is 11.6 Å². The van der Waals surface area contributed by atoms with E-state index in [1.807, 2.05) is 24.3 Å². The van der Waals surface area contributed by atoms with Crippen LogP contribution in [0.2, 0.25) is 0 Å². The normalized spacial score (nSPS) is 14.3. The smallest absolute Gasteiger partial charge is 0.172 e. The third-order valence-corrected chi connectivity index (χ3v) is 3.30. The topological polar surface area (TPSA) is 78.8 Å². The molecule has 1 heterocycles. The van der Waals surface area contributed by atoms with Crippen LogP contribution in [0.1, 0.15) is 19.3 Å². The molecular formula is C14H15N5. The molecular weight excluding hydrogens is 238 g/mol. The Morgan fingerprint density at radius 3 is 2.58 bits per heavy atom. The lowest BCUT2D eigenvalue weighted by molar-refractivity contribution is 0.780. The van der Waals surface area contributed by atoms with Gasteiger partial charge >= 0.3 is 0 Å². The van der Waals surface area contributed by atoms with Gasteiger partial charge in [-0.05, 0) is 25.0 Å². The number of nitrogens with two attached hydrogens (primary N) is 1. The van der Waals surface area contributed by atoms with Crippen molar-refractivity contribution in [1.29, 1.82) is 5.26 Å². The summed E-state index contributed by atoms with van der Waals surface area (Å²) in [6, 6.07) is 10.3. The molecule has 1 aliphatic rings. The number of rotatable bonds is 4. The fourth-order valence-corrected chi connectivity index (χ4v) is 2.23. The highest BCUT2D eigenvalue weighted by Crippen LogP contribution is 2.33. The number of aromatic nitrogens is 2. The third-order valence-electron chi connectivity index (χ3n) is 3.30. The van der Waals surface area contributed by atoms with Crippen LogP contribution in [0.15, 0.2) is 24.3 Å². The van der Waals surface area contributed by atoms with Crippen molar-refractivity contribution in [3.05, 3.63) is 24.3 Å². The first-order valence-electron chi connectivity index (χ1n) is 6.45. The zero-order chi connectivity index (χ0) is 13.2. The van der Waals surface area contributed by atoms with Crippen molar-refractivity contribution in [1.82, 2.24) is 9.97 Å². The number of hydrogen-bond acceptors (Lipinski definition) is 5. The summed E-state index contributed by atoms with van der Waals surface area (Å²) in [5, 5.41) is 8.76. The molecule has 1 aromatic heterocycles. The average molecular weight is 253 g/mol. The van der Waals surface area contributed by atoms with Crippen LogP contribution in [0, 0.1) is 11.3 Å². The van der Waals surface area contributed by atoms with E-state index in [4.69, 9.17) is 11.0 Å². The Bertz CT molecular complexity index is 642. The van der Waals surface area contributed by atoms with Gasteiger partial charge in [0.15, 0.2) is 11.6 Å². The highest BCUT2D eigenvalue weighted by Gasteiger charge is 2.31. The van der Waals surface area contributed by atoms with Gasteiger partial charge in [0.2, 0.25) is 0 Å². The molecule has 0 bridgehead atoms. The number of anilines is 2. The summed E-state index contributed by atoms with van der Waals surface area (Å²) >= 11 is 0. The van der Waals surface area contributed by atoms with E-state index in [1.165, 1.54) is 0 Å². The quantitative estimate of drug-likeness (QED) is 0.902. The highest BCUT2D eigenvalue weighted by molar-refractivity contribution is 5.79. The number of nitrogens with zero attached hydrogens (tertiary/aromatic N) is 4. The van der Waals surface area contributed by atoms with Gasteiger partial charge in [0, 0.05) is 12.6 Å². The van der Waals surface area contributed by atoms with E-state index >= 15 is 0 Å². The Labute approximate surface area is 111 Å². The summed E-state index contributed by atoms with van der Waals surface area (Å²) < 4.78 is 0. The van der Waals surface area contributed by atoms with Gasteiger partial charge in [0.1, 0.15) is 0 Å². The third kappa shape index (κ3) is 2.29. The van der Waals surface area contributed by atoms with Gasteiger partial charge in [-0.2, -0.15) is 5.26 Å². The van der Waals surface area contributed by atoms with Crippen LogP contribution < -0.4 is 10.6 Å². The molecule has 1 aromatic carbocycles. The van der Waals surface area contributed by atoms with Crippen LogP contribution in [0.3, 0.4) is 0 Å². The number of fused-ring (bicyclic) bond motifs is 1. The molecule has 1 fully saturated rings. The van der Waals surface area contributed by atoms with Crippen LogP contribution in [0.25, 0.3) is 11.0 Å². The second-order valence-electron chi connectivity index (χ2n) is 4.75. The summed E-state index contributed by atoms with van der Waals surface area (Å²) in [7, 11) is 0. The van der Waals surface area contributed by atoms with Gasteiger partial charge in [0.25, 0.3) is 0 Å². The minimum Gasteiger partial charge on any atom is -0.381 e. The summed E-state index contributed by atoms with van der Waals surface area (Å²) in [4.78, 5) is 11.1. The molecule has 2 N–H and O–H groups in total. The van der Waals surface area contributed by atoms with E-state index in [2.05, 4.69) is 20.9 Å². The van der Waals surface area contributed by atoms with Crippen LogP contribution >= 0.6 is 0 Å². The van der Waals surface area contributed by atoms with Crippen LogP contribution in [-0.2, 0) is 0 Å². The highest BCUT2D eigenvalue weighted by atomic mass is 15.3. The maximum atomic E-state index is 8.76. The minimum atomic E-state index is 0.448. The van der Waals surface area contributed by atoms with E-state index in [9.17, 15) is 0 Å². The number of benzene rings is 1. The van der Waals surface area contributed by atoms with Crippen molar-refractivity contribution >= 4 is 22.7 Å². The van der Waals surface area contributed by atoms with Gasteiger partial charge in [-0.25, -0.2) is 9.97 Å². The van der Waals surface area contributed by atoms with E-state index in [1.54, 1.807) is 0 Å². The zero-order valence-corrected chi connectivity index (χ0v) is 10.6. The van der Waals surface area contributed by atoms with Crippen molar-refractivity contribution < 1.29 is 0 Å². The fraction of sp³-hybridized carbons (Fsp3) is 0.357. The Morgan fingerprint density at radius 1 is 1.26 bits per heavy atom. The van der Waals surface area contributed by atoms with Crippen LogP contribution in [-0.4, -0.2) is 22.6 Å². The van der Waals surface area contributed by atoms with E-state index in [0.717, 1.165) is 29.7 Å². The lowest BCUT2D eigenvalue weighted by Gasteiger charge is -2.23. The monoisotopic (exact) mass is 253 g/mol. The molecule has 19 heavy (non-hydrogen) atoms. The lowest BCUT2D eigenvalue weighted by atomic mass is 10.3. The van der Waals surface area contributed by atoms with E-state index in [-0.39, 0.29) is 0 Å². The lowest BCUT2D eigenvalue weighted by Crippen LogP contribution is -2.28. The van der Waals surface area contributed by atoms with Crippen molar-refractivity contribution in [2.75, 3.05) is 17.2 Å². The standard InChI is InChI=1S/C14H15N5/c15-8-3-9-19(10-6-7-10)14-13(16)17-11-4-1-2-5-12(11)18-14/h1-2,4-5,10H,3,6-7,9H2,(H2,16,17). The molecule has 0 radical (unpaired) electrons. The van der Waals surface area contributed by atoms with E-state index in [0.29, 0.717) is 24.8 Å². The molecule has 5 heteroatoms. The summed E-state index contributed by atoms with van der Waals surface area (Å²) in [6.07, 6.45) is 2.75. The molecule has 0 spiro atoms. The molecule has 0 saturated heterocycles. The first-order chi connectivity index (χ1) is 9.29. The molecule has 5 nitrogen and oxygen atoms in total. The Kier molecular flexibility index (Phi) is 2.92. The van der Waals surface area contributed by atoms with Crippen molar-refractivity contribution in [2.24, 2.45) is 0 Å². The molecule has 0 amide bonds. The van der Waals surface area contributed by atoms with Crippen LogP contribution in [0.5, 0.6) is 0 Å². The van der Waals surface area contributed by atoms with Gasteiger partial charge in [-0.1, -0.05) is 12.1 Å². The molecule has 1 aliphatic carbocycles. The number of hydrogen-bond donors (Lipinski definition) is 1. The summed E-state index contributed by atoms with van der Waals surface area (Å²) in [6.45, 7) is 0.665. The summed E-state index contributed by atoms with van der Waals surface area (Å²) in [5.74, 6) is 1.17. The van der Waals surface area contributed by atoms with Crippen molar-refractivity contribution in [3.8, 4) is 6.07 Å². The number of para-hydroxylation sites is 2. The van der Waals surface area contributed by atoms with E-state index < -0.39 is 0 Å². The predicted octanol–water partition coefficient (Wildman–Crippen LogP) is 2.09. The average Bonchev–Trinajstić information content (AvgIpc) is 3.24. The Hall–Kier alpha value is -2.35. The van der Waals surface area contributed by atoms with Gasteiger partial charge in [-0.3, -0.25) is 0 Å². The van der Waals surface area contributed by atoms with Gasteiger partial charge < -0.3 is 10.6 Å². The largest absolute Gasteiger partial charge is 0.381 e. The second kappa shape index (κ2) is 4.73. The molecule has 0 aliphatic heterocycles. The number of nitrogen functional groups attached to an aromatic ring is 1. The van der Waals surface area contributed by atoms with Crippen molar-refractivity contribution in [2.45, 2.75) is 25.3 Å². The minimum absolute atomic E-state index is 0.448. The second-order valence-corrected chi connectivity index (χ2v) is 4.75. The zero-order valence-electron chi connectivity index (χ0n) is 10.6. The molecule has 1 saturated carbocycles. The Balaban J connectivity index is 2.02. The van der Waals surface area contributed by atoms with Gasteiger partial charge in [0.05, 0.1) is 23.5 Å². The molecule has 3 rings (SSSR count). The maximum absolute atomic E-state index is 8.76. The predicted molar refractivity (Wildman–Crippen MR) is 74.5 cm³/mol. The molecule has 2 aromatic rings. The summed E-state index contributed by atoms with van der Waals surface area (Å²) in [5.41, 5.74) is 7.67. The number of nitriles is 1. The Morgan fingerprint density at radius 2 is 1.95 bits per heavy atom. The first-order valence-corrected chi connectivity index (χ1v) is 6.45. The van der Waals surface area contributed by atoms with Crippen molar-refractivity contribution in [3.63, 3.8) is 0 Å². The SMILES string of the molecule is N#CCCN(c1nc2ccccc2nc1N)C1CC1. The molecule has 0 atom stereocenters. The molecule has 96 valence electrons. The van der Waals surface area contributed by atoms with Gasteiger partial charge in [-0.15, -0.1) is 0 Å². The first kappa shape index (κ1) is 11.7. The maximum Gasteiger partial charge on any atom is 0.172 e. The molecule has 0 unspecified atom stereocenters. The fourth-order valence-electron chi connectivity index (χ4n) is 2.23.